The van der Waals surface area contributed by atoms with Crippen molar-refractivity contribution in [2.45, 2.75) is 105 Å². The van der Waals surface area contributed by atoms with E-state index >= 15 is 0 Å². The first-order valence-corrected chi connectivity index (χ1v) is 18.5. The molecule has 0 aliphatic carbocycles. The Bertz CT molecular complexity index is 1920. The Kier molecular flexibility index (Phi) is 9.34. The van der Waals surface area contributed by atoms with Crippen LogP contribution in [0, 0.1) is 0 Å². The molecule has 1 aliphatic heterocycles. The molecule has 0 amide bonds. The van der Waals surface area contributed by atoms with Crippen LogP contribution in [0.5, 0.6) is 0 Å². The summed E-state index contributed by atoms with van der Waals surface area (Å²) in [6.07, 6.45) is 0. The molecule has 0 N–H and O–H groups in total. The Balaban J connectivity index is 1.61. The molecule has 0 saturated carbocycles. The van der Waals surface area contributed by atoms with Crippen molar-refractivity contribution in [1.82, 2.24) is 0 Å². The van der Waals surface area contributed by atoms with E-state index in [1.807, 2.05) is 0 Å². The normalized spacial score (nSPS) is 14.2. The first kappa shape index (κ1) is 36.2. The van der Waals surface area contributed by atoms with Crippen LogP contribution in [0.2, 0.25) is 0 Å². The van der Waals surface area contributed by atoms with Gasteiger partial charge in [0.05, 0.1) is 5.69 Å². The Hall–Kier alpha value is -4.63. The second kappa shape index (κ2) is 13.2. The summed E-state index contributed by atoms with van der Waals surface area (Å²) in [5.41, 5.74) is 13.4. The first-order valence-electron chi connectivity index (χ1n) is 18.5. The summed E-state index contributed by atoms with van der Waals surface area (Å²) >= 11 is 0. The van der Waals surface area contributed by atoms with E-state index in [0.29, 0.717) is 6.67 Å². The molecule has 0 saturated heterocycles. The Labute approximate surface area is 308 Å². The predicted octanol–water partition coefficient (Wildman–Crippen LogP) is 12.9. The van der Waals surface area contributed by atoms with E-state index in [4.69, 9.17) is 5.10 Å². The zero-order chi connectivity index (χ0) is 36.9. The molecule has 0 spiro atoms. The van der Waals surface area contributed by atoms with Gasteiger partial charge in [-0.2, -0.15) is 5.10 Å². The molecule has 3 heteroatoms. The van der Waals surface area contributed by atoms with E-state index in [-0.39, 0.29) is 21.7 Å². The Morgan fingerprint density at radius 2 is 0.745 bits per heavy atom. The van der Waals surface area contributed by atoms with Crippen molar-refractivity contribution in [2.24, 2.45) is 5.10 Å². The van der Waals surface area contributed by atoms with Crippen LogP contribution in [-0.2, 0) is 21.7 Å². The molecular weight excluding hydrogens is 619 g/mol. The molecule has 3 nitrogen and oxygen atoms in total. The molecule has 0 fully saturated rings. The average Bonchev–Trinajstić information content (AvgIpc) is 3.53. The maximum absolute atomic E-state index is 5.56. The van der Waals surface area contributed by atoms with Gasteiger partial charge in [-0.05, 0) is 109 Å². The van der Waals surface area contributed by atoms with Crippen molar-refractivity contribution in [3.8, 4) is 22.3 Å². The SMILES string of the molecule is CC(C)(C)c1cc(N2CN(c3cc(C(C)(C)C)cc(C(C)(C)C)c3)C(c3cc(-c4ccccc4)cc(-c4ccccc4)c3)=N2)cc(C(C)(C)C)c1. The van der Waals surface area contributed by atoms with Crippen molar-refractivity contribution in [2.75, 3.05) is 16.6 Å². The topological polar surface area (TPSA) is 18.8 Å². The highest BCUT2D eigenvalue weighted by molar-refractivity contribution is 6.13. The van der Waals surface area contributed by atoms with E-state index in [2.05, 4.69) is 208 Å². The first-order chi connectivity index (χ1) is 23.8. The lowest BCUT2D eigenvalue weighted by atomic mass is 9.80. The van der Waals surface area contributed by atoms with E-state index < -0.39 is 0 Å². The van der Waals surface area contributed by atoms with Crippen LogP contribution in [0.3, 0.4) is 0 Å². The number of anilines is 2. The van der Waals surface area contributed by atoms with Crippen LogP contribution in [0.25, 0.3) is 22.3 Å². The summed E-state index contributed by atoms with van der Waals surface area (Å²) in [6, 6.07) is 42.6. The molecule has 0 aromatic heterocycles. The number of rotatable bonds is 5. The van der Waals surface area contributed by atoms with Gasteiger partial charge in [-0.1, -0.05) is 156 Å². The van der Waals surface area contributed by atoms with E-state index in [9.17, 15) is 0 Å². The van der Waals surface area contributed by atoms with Crippen LogP contribution in [0.1, 0.15) is 111 Å². The maximum Gasteiger partial charge on any atom is 0.162 e. The van der Waals surface area contributed by atoms with Gasteiger partial charge in [0.2, 0.25) is 0 Å². The second-order valence-corrected chi connectivity index (χ2v) is 18.5. The lowest BCUT2D eigenvalue weighted by Gasteiger charge is -2.30. The molecule has 0 bridgehead atoms. The van der Waals surface area contributed by atoms with Gasteiger partial charge in [0.1, 0.15) is 6.67 Å². The van der Waals surface area contributed by atoms with Crippen molar-refractivity contribution >= 4 is 17.2 Å². The highest BCUT2D eigenvalue weighted by Crippen LogP contribution is 2.39. The molecule has 6 rings (SSSR count). The van der Waals surface area contributed by atoms with Crippen molar-refractivity contribution in [3.63, 3.8) is 0 Å². The summed E-state index contributed by atoms with van der Waals surface area (Å²) in [5.74, 6) is 0.953. The maximum atomic E-state index is 5.56. The van der Waals surface area contributed by atoms with E-state index in [1.165, 1.54) is 50.2 Å². The number of benzene rings is 5. The third-order valence-electron chi connectivity index (χ3n) is 10.1. The van der Waals surface area contributed by atoms with Crippen LogP contribution >= 0.6 is 0 Å². The molecule has 264 valence electrons. The number of hydrogen-bond acceptors (Lipinski definition) is 3. The largest absolute Gasteiger partial charge is 0.304 e. The summed E-state index contributed by atoms with van der Waals surface area (Å²) in [6.45, 7) is 28.3. The molecular formula is C48H57N3. The highest BCUT2D eigenvalue weighted by atomic mass is 15.6. The minimum atomic E-state index is -0.0108. The Morgan fingerprint density at radius 3 is 1.12 bits per heavy atom. The van der Waals surface area contributed by atoms with Crippen molar-refractivity contribution in [1.29, 1.82) is 0 Å². The zero-order valence-corrected chi connectivity index (χ0v) is 33.0. The third-order valence-corrected chi connectivity index (χ3v) is 10.1. The molecule has 0 atom stereocenters. The van der Waals surface area contributed by atoms with Crippen molar-refractivity contribution in [3.05, 3.63) is 143 Å². The number of hydrazone groups is 1. The lowest BCUT2D eigenvalue weighted by molar-refractivity contribution is 0.568. The van der Waals surface area contributed by atoms with Crippen LogP contribution in [-0.4, -0.2) is 12.5 Å². The number of nitrogens with zero attached hydrogens (tertiary/aromatic N) is 3. The molecule has 0 radical (unpaired) electrons. The van der Waals surface area contributed by atoms with Gasteiger partial charge in [0.25, 0.3) is 0 Å². The van der Waals surface area contributed by atoms with E-state index in [0.717, 1.165) is 17.1 Å². The third kappa shape index (κ3) is 7.99. The predicted molar refractivity (Wildman–Crippen MR) is 221 cm³/mol. The fourth-order valence-corrected chi connectivity index (χ4v) is 6.57. The van der Waals surface area contributed by atoms with Crippen LogP contribution < -0.4 is 9.91 Å². The quantitative estimate of drug-likeness (QED) is 0.185. The highest BCUT2D eigenvalue weighted by Gasteiger charge is 2.32. The average molecular weight is 676 g/mol. The molecule has 5 aromatic carbocycles. The lowest BCUT2D eigenvalue weighted by Crippen LogP contribution is -2.32. The summed E-state index contributed by atoms with van der Waals surface area (Å²) in [7, 11) is 0. The minimum Gasteiger partial charge on any atom is -0.304 e. The zero-order valence-electron chi connectivity index (χ0n) is 33.0. The monoisotopic (exact) mass is 675 g/mol. The Morgan fingerprint density at radius 1 is 0.392 bits per heavy atom. The molecule has 1 heterocycles. The smallest absolute Gasteiger partial charge is 0.162 e. The van der Waals surface area contributed by atoms with Gasteiger partial charge in [-0.3, -0.25) is 0 Å². The second-order valence-electron chi connectivity index (χ2n) is 18.5. The van der Waals surface area contributed by atoms with Crippen LogP contribution in [0.4, 0.5) is 11.4 Å². The molecule has 5 aromatic rings. The van der Waals surface area contributed by atoms with Gasteiger partial charge in [0.15, 0.2) is 5.84 Å². The van der Waals surface area contributed by atoms with Crippen molar-refractivity contribution < 1.29 is 0 Å². The standard InChI is InChI=1S/C48H57N3/c1-45(2,3)38-26-39(46(4,5)6)29-42(28-38)50-32-51(43-30-40(47(7,8)9)27-41(31-43)48(10,11)12)49-44(50)37-24-35(33-19-15-13-16-20-33)23-36(25-37)34-21-17-14-18-22-34/h13-31H,32H2,1-12H3. The van der Waals surface area contributed by atoms with E-state index in [1.54, 1.807) is 0 Å². The number of hydrogen-bond donors (Lipinski definition) is 0. The minimum absolute atomic E-state index is 0.000778. The number of amidine groups is 1. The van der Waals surface area contributed by atoms with Crippen LogP contribution in [0.15, 0.2) is 120 Å². The van der Waals surface area contributed by atoms with Gasteiger partial charge >= 0.3 is 0 Å². The molecule has 1 aliphatic rings. The summed E-state index contributed by atoms with van der Waals surface area (Å²) < 4.78 is 0. The van der Waals surface area contributed by atoms with Gasteiger partial charge < -0.3 is 4.90 Å². The fraction of sp³-hybridized carbons (Fsp3) is 0.354. The molecule has 51 heavy (non-hydrogen) atoms. The summed E-state index contributed by atoms with van der Waals surface area (Å²) in [4.78, 5) is 2.43. The molecule has 0 unspecified atom stereocenters. The summed E-state index contributed by atoms with van der Waals surface area (Å²) in [5, 5.41) is 7.78. The van der Waals surface area contributed by atoms with Gasteiger partial charge in [-0.15, -0.1) is 0 Å². The van der Waals surface area contributed by atoms with Gasteiger partial charge in [-0.25, -0.2) is 5.01 Å². The van der Waals surface area contributed by atoms with Gasteiger partial charge in [0, 0.05) is 11.3 Å². The fourth-order valence-electron chi connectivity index (χ4n) is 6.57.